The molecule has 3 fully saturated rings. The smallest absolute Gasteiger partial charge is 0.409 e. The Morgan fingerprint density at radius 1 is 0.480 bits per heavy atom. The summed E-state index contributed by atoms with van der Waals surface area (Å²) in [5.41, 5.74) is 7.86. The molecule has 4 aromatic carbocycles. The number of nitrogens with zero attached hydrogens (tertiary/aromatic N) is 12. The summed E-state index contributed by atoms with van der Waals surface area (Å²) in [5.74, 6) is 1.39. The Bertz CT molecular complexity index is 4660. The zero-order valence-electron chi connectivity index (χ0n) is 54.7. The lowest BCUT2D eigenvalue weighted by Gasteiger charge is -2.39. The molecule has 0 spiro atoms. The molecule has 3 saturated heterocycles. The van der Waals surface area contributed by atoms with Crippen LogP contribution in [0.3, 0.4) is 0 Å². The number of carbonyl (C=O) groups is 1. The topological polar surface area (TPSA) is 254 Å². The van der Waals surface area contributed by atoms with Crippen LogP contribution >= 0.6 is 23.2 Å². The number of piperazine rings is 1. The van der Waals surface area contributed by atoms with Crippen LogP contribution in [0.15, 0.2) is 207 Å². The van der Waals surface area contributed by atoms with E-state index >= 15 is 0 Å². The molecule has 0 aliphatic carbocycles. The van der Waals surface area contributed by atoms with Crippen molar-refractivity contribution in [1.82, 2.24) is 59.5 Å². The second-order valence-electron chi connectivity index (χ2n) is 23.6. The highest BCUT2D eigenvalue weighted by Crippen LogP contribution is 2.43. The molecule has 4 atom stereocenters. The van der Waals surface area contributed by atoms with Crippen molar-refractivity contribution in [3.05, 3.63) is 257 Å². The average molecular weight is 1420 g/mol. The lowest BCUT2D eigenvalue weighted by molar-refractivity contribution is 0.0195. The molecular formula is C79H87Cl2N13O8. The summed E-state index contributed by atoms with van der Waals surface area (Å²) in [6.45, 7) is 12.9. The second-order valence-corrected chi connectivity index (χ2v) is 24.5. The molecule has 0 bridgehead atoms. The first kappa shape index (κ1) is 76.0. The van der Waals surface area contributed by atoms with E-state index in [1.807, 2.05) is 146 Å². The van der Waals surface area contributed by atoms with Gasteiger partial charge in [-0.1, -0.05) is 106 Å². The molecule has 530 valence electrons. The van der Waals surface area contributed by atoms with E-state index in [9.17, 15) is 25.2 Å². The van der Waals surface area contributed by atoms with Gasteiger partial charge in [-0.05, 0) is 110 Å². The van der Waals surface area contributed by atoms with Gasteiger partial charge in [0.05, 0.1) is 72.6 Å². The van der Waals surface area contributed by atoms with Gasteiger partial charge < -0.3 is 44.9 Å². The highest BCUT2D eigenvalue weighted by molar-refractivity contribution is 6.36. The number of aromatic hydroxyl groups is 4. The summed E-state index contributed by atoms with van der Waals surface area (Å²) in [6, 6.07) is 46.8. The van der Waals surface area contributed by atoms with Gasteiger partial charge in [0.1, 0.15) is 50.9 Å². The standard InChI is InChI=1S/C22H24N4O3.C20H15ClN4O.C19H18ClN3O2.C15H18N2O2.3CH4/c1-2-29-22(28)26-14-12-25(13-15-26)20(18-7-3-4-10-23-18)17-9-8-16-6-5-11-24-19(16)21(17)27;21-16-11-15(20(26)19-14(16)6-4-10-24-19)18(13-5-3-8-22-12-13)25-17-7-1-2-9-23-17;20-15-12-14(19(24)17-13(15)4-3-7-22-17)18(16-5-1-2-6-21-16)23-8-10-25-11-9-23;1-11(17-7-9-19-10-8-17)13-5-4-12-3-2-6-16-14(12)15(13)18;;;/h3-11,20,27H,2,12-15H2,1H3;1-12,18,26H,(H,23,25);1-7,12,18,24H,8-11H2;2-6,11,18H,7-10H2,1H3;3*1H4. The highest BCUT2D eigenvalue weighted by Gasteiger charge is 2.33. The Balaban J connectivity index is 0.000000158. The van der Waals surface area contributed by atoms with Gasteiger partial charge in [0, 0.05) is 158 Å². The minimum absolute atomic E-state index is 0. The van der Waals surface area contributed by atoms with E-state index in [1.54, 1.807) is 72.8 Å². The SMILES string of the molecule is C.C.C.CC(c1ccc2cccnc2c1O)N1CCOCC1.CCOC(=O)N1CCN(C(c2ccccn2)c2ccc3cccnc3c2O)CC1.Oc1c(C(Nc2ccccn2)c2cccnc2)cc(Cl)c2cccnc12.Oc1c(C(c2ccccn2)N2CCOCC2)cc(Cl)c2cccnc12. The highest BCUT2D eigenvalue weighted by atomic mass is 35.5. The van der Waals surface area contributed by atoms with Crippen LogP contribution in [-0.4, -0.2) is 171 Å². The van der Waals surface area contributed by atoms with Crippen molar-refractivity contribution in [3.63, 3.8) is 0 Å². The number of morpholine rings is 2. The fourth-order valence-corrected chi connectivity index (χ4v) is 13.2. The molecule has 5 N–H and O–H groups in total. The van der Waals surface area contributed by atoms with Crippen LogP contribution in [0.1, 0.15) is 99.5 Å². The number of ether oxygens (including phenoxy) is 3. The molecular weight excluding hydrogens is 1330 g/mol. The van der Waals surface area contributed by atoms with Crippen LogP contribution in [0.2, 0.25) is 10.0 Å². The van der Waals surface area contributed by atoms with E-state index in [-0.39, 0.29) is 69.8 Å². The van der Waals surface area contributed by atoms with Crippen molar-refractivity contribution in [3.8, 4) is 23.0 Å². The van der Waals surface area contributed by atoms with Crippen molar-refractivity contribution in [2.75, 3.05) is 90.7 Å². The molecule has 21 nitrogen and oxygen atoms in total. The van der Waals surface area contributed by atoms with E-state index in [4.69, 9.17) is 37.4 Å². The van der Waals surface area contributed by atoms with Crippen LogP contribution in [0.25, 0.3) is 43.6 Å². The molecule has 15 rings (SSSR count). The van der Waals surface area contributed by atoms with Crippen LogP contribution in [0.4, 0.5) is 10.6 Å². The minimum atomic E-state index is -0.387. The Kier molecular flexibility index (Phi) is 27.1. The van der Waals surface area contributed by atoms with Gasteiger partial charge in [-0.25, -0.2) is 9.78 Å². The number of carbonyl (C=O) groups excluding carboxylic acids is 1. The van der Waals surface area contributed by atoms with E-state index in [2.05, 4.69) is 66.8 Å². The van der Waals surface area contributed by atoms with E-state index in [0.717, 1.165) is 89.2 Å². The van der Waals surface area contributed by atoms with Crippen LogP contribution in [0, 0.1) is 0 Å². The van der Waals surface area contributed by atoms with E-state index in [0.29, 0.717) is 101 Å². The summed E-state index contributed by atoms with van der Waals surface area (Å²) in [6.07, 6.45) is 15.1. The molecule has 0 radical (unpaired) electrons. The molecule has 0 saturated carbocycles. The molecule has 4 unspecified atom stereocenters. The summed E-state index contributed by atoms with van der Waals surface area (Å²) >= 11 is 12.9. The van der Waals surface area contributed by atoms with Crippen molar-refractivity contribution in [2.24, 2.45) is 0 Å². The number of hydrogen-bond donors (Lipinski definition) is 5. The lowest BCUT2D eigenvalue weighted by Crippen LogP contribution is -2.50. The molecule has 1 amide bonds. The first-order chi connectivity index (χ1) is 48.4. The number of anilines is 1. The number of amides is 1. The molecule has 3 aliphatic rings. The van der Waals surface area contributed by atoms with Crippen LogP contribution < -0.4 is 5.32 Å². The Morgan fingerprint density at radius 2 is 0.931 bits per heavy atom. The summed E-state index contributed by atoms with van der Waals surface area (Å²) in [4.78, 5) is 55.4. The van der Waals surface area contributed by atoms with Crippen molar-refractivity contribution in [2.45, 2.75) is 60.3 Å². The number of phenolic OH excluding ortho intramolecular Hbond substituents is 4. The van der Waals surface area contributed by atoms with Crippen LogP contribution in [-0.2, 0) is 14.2 Å². The predicted octanol–water partition coefficient (Wildman–Crippen LogP) is 15.4. The summed E-state index contributed by atoms with van der Waals surface area (Å²) < 4.78 is 16.0. The van der Waals surface area contributed by atoms with E-state index in [1.165, 1.54) is 0 Å². The predicted molar refractivity (Wildman–Crippen MR) is 403 cm³/mol. The number of rotatable bonds is 13. The second kappa shape index (κ2) is 36.4. The molecule has 23 heteroatoms. The monoisotopic (exact) mass is 1420 g/mol. The Hall–Kier alpha value is -10.2. The maximum atomic E-state index is 12.0. The van der Waals surface area contributed by atoms with Crippen molar-refractivity contribution >= 4 is 78.7 Å². The van der Waals surface area contributed by atoms with E-state index < -0.39 is 0 Å². The number of pyridine rings is 8. The fraction of sp³-hybridized carbons (Fsp3) is 0.278. The third-order valence-electron chi connectivity index (χ3n) is 17.7. The van der Waals surface area contributed by atoms with Gasteiger partial charge in [0.15, 0.2) is 0 Å². The van der Waals surface area contributed by atoms with Gasteiger partial charge in [0.25, 0.3) is 0 Å². The molecule has 12 aromatic rings. The van der Waals surface area contributed by atoms with Gasteiger partial charge in [-0.2, -0.15) is 0 Å². The number of phenols is 4. The Morgan fingerprint density at radius 3 is 1.45 bits per heavy atom. The largest absolute Gasteiger partial charge is 0.505 e. The third kappa shape index (κ3) is 17.5. The van der Waals surface area contributed by atoms with Gasteiger partial charge in [-0.15, -0.1) is 0 Å². The van der Waals surface area contributed by atoms with Crippen molar-refractivity contribution < 1.29 is 39.4 Å². The number of nitrogens with one attached hydrogen (secondary N) is 1. The maximum Gasteiger partial charge on any atom is 0.409 e. The summed E-state index contributed by atoms with van der Waals surface area (Å²) in [7, 11) is 0. The number of aromatic nitrogens is 8. The van der Waals surface area contributed by atoms with Crippen LogP contribution in [0.5, 0.6) is 23.0 Å². The fourth-order valence-electron chi connectivity index (χ4n) is 12.7. The molecule has 3 aliphatic heterocycles. The molecule has 102 heavy (non-hydrogen) atoms. The first-order valence-electron chi connectivity index (χ1n) is 32.8. The maximum absolute atomic E-state index is 12.0. The van der Waals surface area contributed by atoms with Gasteiger partial charge >= 0.3 is 6.09 Å². The zero-order chi connectivity index (χ0) is 68.6. The summed E-state index contributed by atoms with van der Waals surface area (Å²) in [5, 5.41) is 51.0. The zero-order valence-corrected chi connectivity index (χ0v) is 56.2. The number of fused-ring (bicyclic) bond motifs is 4. The van der Waals surface area contributed by atoms with Gasteiger partial charge in [0.2, 0.25) is 0 Å². The number of benzene rings is 4. The minimum Gasteiger partial charge on any atom is -0.505 e. The molecule has 11 heterocycles. The molecule has 8 aromatic heterocycles. The average Bonchev–Trinajstić information content (AvgIpc) is 0.775. The van der Waals surface area contributed by atoms with Crippen molar-refractivity contribution in [1.29, 1.82) is 0 Å². The normalized spacial score (nSPS) is 15.2. The lowest BCUT2D eigenvalue weighted by atomic mass is 9.97. The third-order valence-corrected chi connectivity index (χ3v) is 18.3. The number of hydrogen-bond acceptors (Lipinski definition) is 20. The number of halogens is 2. The Labute approximate surface area is 605 Å². The first-order valence-corrected chi connectivity index (χ1v) is 33.5. The van der Waals surface area contributed by atoms with Gasteiger partial charge in [-0.3, -0.25) is 49.6 Å². The quantitative estimate of drug-likeness (QED) is 0.0719.